The minimum absolute atomic E-state index is 0.00885. The third kappa shape index (κ3) is 4.60. The van der Waals surface area contributed by atoms with Crippen LogP contribution in [0, 0.1) is 0 Å². The maximum absolute atomic E-state index is 11.6. The summed E-state index contributed by atoms with van der Waals surface area (Å²) in [5.74, 6) is 0. The number of nitrogens with zero attached hydrogens (tertiary/aromatic N) is 2. The maximum atomic E-state index is 11.6. The fourth-order valence-electron chi connectivity index (χ4n) is 3.08. The third-order valence-corrected chi connectivity index (χ3v) is 6.52. The molecule has 158 valence electrons. The van der Waals surface area contributed by atoms with Gasteiger partial charge >= 0.3 is 0 Å². The minimum atomic E-state index is -3.82. The van der Waals surface area contributed by atoms with Gasteiger partial charge in [0.2, 0.25) is 10.0 Å². The summed E-state index contributed by atoms with van der Waals surface area (Å²) >= 11 is 25.0. The lowest BCUT2D eigenvalue weighted by Gasteiger charge is -2.11. The van der Waals surface area contributed by atoms with E-state index in [1.807, 2.05) is 18.2 Å². The molecule has 0 saturated carbocycles. The lowest BCUT2D eigenvalue weighted by Crippen LogP contribution is -2.12. The summed E-state index contributed by atoms with van der Waals surface area (Å²) < 4.78 is 24.8. The first-order valence-electron chi connectivity index (χ1n) is 8.77. The van der Waals surface area contributed by atoms with Crippen molar-refractivity contribution in [1.82, 2.24) is 9.78 Å². The average Bonchev–Trinajstić information content (AvgIpc) is 3.12. The normalized spacial score (nSPS) is 11.6. The van der Waals surface area contributed by atoms with E-state index in [2.05, 4.69) is 0 Å². The molecule has 0 amide bonds. The Hall–Kier alpha value is -2.06. The van der Waals surface area contributed by atoms with Crippen molar-refractivity contribution < 1.29 is 8.42 Å². The Kier molecular flexibility index (Phi) is 6.05. The first kappa shape index (κ1) is 22.1. The van der Waals surface area contributed by atoms with Crippen LogP contribution in [0.5, 0.6) is 0 Å². The van der Waals surface area contributed by atoms with Crippen LogP contribution in [0.25, 0.3) is 28.2 Å². The molecule has 0 saturated heterocycles. The van der Waals surface area contributed by atoms with Gasteiger partial charge in [-0.15, -0.1) is 0 Å². The number of hydrogen-bond donors (Lipinski definition) is 1. The van der Waals surface area contributed by atoms with Crippen molar-refractivity contribution in [2.24, 2.45) is 5.14 Å². The molecule has 5 nitrogen and oxygen atoms in total. The molecule has 1 aromatic heterocycles. The van der Waals surface area contributed by atoms with Gasteiger partial charge in [0, 0.05) is 21.2 Å². The van der Waals surface area contributed by atoms with Gasteiger partial charge < -0.3 is 0 Å². The van der Waals surface area contributed by atoms with Crippen molar-refractivity contribution in [3.05, 3.63) is 86.8 Å². The van der Waals surface area contributed by atoms with E-state index in [0.717, 1.165) is 5.56 Å². The number of primary sulfonamides is 1. The number of aromatic nitrogens is 2. The van der Waals surface area contributed by atoms with E-state index in [0.29, 0.717) is 42.7 Å². The van der Waals surface area contributed by atoms with Crippen molar-refractivity contribution in [2.75, 3.05) is 0 Å². The van der Waals surface area contributed by atoms with Gasteiger partial charge in [-0.1, -0.05) is 58.5 Å². The summed E-state index contributed by atoms with van der Waals surface area (Å²) in [7, 11) is -3.82. The molecule has 0 fully saturated rings. The summed E-state index contributed by atoms with van der Waals surface area (Å²) in [6, 6.07) is 18.2. The number of rotatable bonds is 4. The Balaban J connectivity index is 1.94. The van der Waals surface area contributed by atoms with Crippen molar-refractivity contribution in [1.29, 1.82) is 0 Å². The standard InChI is InChI=1S/C21H13Cl4N3O2S/c22-13-3-1-12(2-4-13)19-11-20(21-17(24)9-14(23)10-18(21)25)28(27-19)15-5-7-16(8-6-15)31(26,29)30/h1-11H,(H2,26,29,30). The third-order valence-electron chi connectivity index (χ3n) is 4.52. The second-order valence-electron chi connectivity index (χ2n) is 6.62. The number of hydrogen-bond acceptors (Lipinski definition) is 3. The van der Waals surface area contributed by atoms with Gasteiger partial charge in [-0.3, -0.25) is 0 Å². The van der Waals surface area contributed by atoms with Gasteiger partial charge in [0.1, 0.15) is 0 Å². The van der Waals surface area contributed by atoms with Gasteiger partial charge in [-0.05, 0) is 54.6 Å². The molecule has 0 radical (unpaired) electrons. The lowest BCUT2D eigenvalue weighted by atomic mass is 10.1. The van der Waals surface area contributed by atoms with E-state index in [4.69, 9.17) is 56.6 Å². The maximum Gasteiger partial charge on any atom is 0.238 e. The summed E-state index contributed by atoms with van der Waals surface area (Å²) in [5.41, 5.74) is 3.19. The molecule has 0 spiro atoms. The van der Waals surface area contributed by atoms with Gasteiger partial charge in [-0.25, -0.2) is 18.2 Å². The summed E-state index contributed by atoms with van der Waals surface area (Å²) in [6.45, 7) is 0. The molecule has 4 rings (SSSR count). The quantitative estimate of drug-likeness (QED) is 0.340. The molecule has 2 N–H and O–H groups in total. The Morgan fingerprint density at radius 3 is 1.90 bits per heavy atom. The van der Waals surface area contributed by atoms with E-state index in [9.17, 15) is 8.42 Å². The number of benzene rings is 3. The number of sulfonamides is 1. The molecule has 1 heterocycles. The van der Waals surface area contributed by atoms with E-state index < -0.39 is 10.0 Å². The van der Waals surface area contributed by atoms with Crippen LogP contribution < -0.4 is 5.14 Å². The van der Waals surface area contributed by atoms with Gasteiger partial charge in [0.05, 0.1) is 32.0 Å². The second-order valence-corrected chi connectivity index (χ2v) is 9.87. The molecule has 10 heteroatoms. The highest BCUT2D eigenvalue weighted by Gasteiger charge is 2.19. The van der Waals surface area contributed by atoms with Crippen LogP contribution in [0.2, 0.25) is 20.1 Å². The van der Waals surface area contributed by atoms with E-state index >= 15 is 0 Å². The van der Waals surface area contributed by atoms with Crippen LogP contribution in [0.3, 0.4) is 0 Å². The Morgan fingerprint density at radius 1 is 0.774 bits per heavy atom. The van der Waals surface area contributed by atoms with Crippen LogP contribution in [0.1, 0.15) is 0 Å². The molecular formula is C21H13Cl4N3O2S. The second kappa shape index (κ2) is 8.47. The molecule has 0 aliphatic carbocycles. The van der Waals surface area contributed by atoms with Crippen molar-refractivity contribution in [2.45, 2.75) is 4.90 Å². The Labute approximate surface area is 199 Å². The first-order chi connectivity index (χ1) is 14.6. The predicted octanol–water partition coefficient (Wildman–Crippen LogP) is 6.47. The molecule has 31 heavy (non-hydrogen) atoms. The molecule has 0 atom stereocenters. The van der Waals surface area contributed by atoms with Crippen LogP contribution in [-0.4, -0.2) is 18.2 Å². The fourth-order valence-corrected chi connectivity index (χ4v) is 4.73. The smallest absolute Gasteiger partial charge is 0.232 e. The van der Waals surface area contributed by atoms with Gasteiger partial charge in [0.25, 0.3) is 0 Å². The zero-order valence-electron chi connectivity index (χ0n) is 15.6. The van der Waals surface area contributed by atoms with Crippen LogP contribution in [-0.2, 0) is 10.0 Å². The van der Waals surface area contributed by atoms with Crippen molar-refractivity contribution >= 4 is 56.4 Å². The number of nitrogens with two attached hydrogens (primary N) is 1. The van der Waals surface area contributed by atoms with Crippen molar-refractivity contribution in [3.63, 3.8) is 0 Å². The molecule has 0 bridgehead atoms. The van der Waals surface area contributed by atoms with Crippen molar-refractivity contribution in [3.8, 4) is 28.2 Å². The zero-order chi connectivity index (χ0) is 22.3. The van der Waals surface area contributed by atoms with Gasteiger partial charge in [0.15, 0.2) is 0 Å². The van der Waals surface area contributed by atoms with Crippen LogP contribution in [0.15, 0.2) is 71.6 Å². The minimum Gasteiger partial charge on any atom is -0.232 e. The van der Waals surface area contributed by atoms with E-state index in [1.165, 1.54) is 12.1 Å². The van der Waals surface area contributed by atoms with Crippen LogP contribution >= 0.6 is 46.4 Å². The summed E-state index contributed by atoms with van der Waals surface area (Å²) in [4.78, 5) is -0.00885. The van der Waals surface area contributed by atoms with E-state index in [1.54, 1.807) is 41.1 Å². The largest absolute Gasteiger partial charge is 0.238 e. The molecule has 0 aliphatic rings. The van der Waals surface area contributed by atoms with E-state index in [-0.39, 0.29) is 4.90 Å². The van der Waals surface area contributed by atoms with Crippen LogP contribution in [0.4, 0.5) is 0 Å². The monoisotopic (exact) mass is 511 g/mol. The summed E-state index contributed by atoms with van der Waals surface area (Å²) in [6.07, 6.45) is 0. The average molecular weight is 513 g/mol. The summed E-state index contributed by atoms with van der Waals surface area (Å²) in [5, 5.41) is 11.6. The highest BCUT2D eigenvalue weighted by Crippen LogP contribution is 2.39. The molecular weight excluding hydrogens is 500 g/mol. The highest BCUT2D eigenvalue weighted by molar-refractivity contribution is 7.89. The first-order valence-corrected chi connectivity index (χ1v) is 11.8. The number of halogens is 4. The Bertz CT molecular complexity index is 1360. The predicted molar refractivity (Wildman–Crippen MR) is 126 cm³/mol. The highest BCUT2D eigenvalue weighted by atomic mass is 35.5. The molecule has 0 aliphatic heterocycles. The lowest BCUT2D eigenvalue weighted by molar-refractivity contribution is 0.598. The molecule has 4 aromatic rings. The topological polar surface area (TPSA) is 78.0 Å². The zero-order valence-corrected chi connectivity index (χ0v) is 19.4. The van der Waals surface area contributed by atoms with Gasteiger partial charge in [-0.2, -0.15) is 5.10 Å². The Morgan fingerprint density at radius 2 is 1.35 bits per heavy atom. The SMILES string of the molecule is NS(=O)(=O)c1ccc(-n2nc(-c3ccc(Cl)cc3)cc2-c2c(Cl)cc(Cl)cc2Cl)cc1. The molecule has 3 aromatic carbocycles. The fraction of sp³-hybridized carbons (Fsp3) is 0. The molecule has 0 unspecified atom stereocenters.